The van der Waals surface area contributed by atoms with Crippen molar-refractivity contribution in [1.29, 1.82) is 0 Å². The number of sulfone groups is 2. The van der Waals surface area contributed by atoms with Crippen LogP contribution in [0, 0.1) is 0 Å². The summed E-state index contributed by atoms with van der Waals surface area (Å²) in [6, 6.07) is 4.71. The van der Waals surface area contributed by atoms with E-state index in [9.17, 15) is 16.8 Å². The van der Waals surface area contributed by atoms with Crippen molar-refractivity contribution >= 4 is 30.7 Å². The van der Waals surface area contributed by atoms with Gasteiger partial charge in [0.1, 0.15) is 16.1 Å². The lowest BCUT2D eigenvalue weighted by Gasteiger charge is -2.19. The molecular weight excluding hydrogens is 300 g/mol. The van der Waals surface area contributed by atoms with E-state index in [1.807, 2.05) is 0 Å². The fraction of sp³-hybridized carbons (Fsp3) is 0.417. The van der Waals surface area contributed by atoms with Gasteiger partial charge in [-0.3, -0.25) is 0 Å². The molecule has 0 aliphatic rings. The zero-order valence-corrected chi connectivity index (χ0v) is 13.3. The number of aromatic amines is 1. The topological polar surface area (TPSA) is 97.0 Å². The smallest absolute Gasteiger partial charge is 0.177 e. The monoisotopic (exact) mass is 316 g/mol. The summed E-state index contributed by atoms with van der Waals surface area (Å²) in [6.45, 7) is 3.06. The van der Waals surface area contributed by atoms with Gasteiger partial charge in [-0.25, -0.2) is 21.8 Å². The van der Waals surface area contributed by atoms with Gasteiger partial charge in [0.15, 0.2) is 19.7 Å². The highest BCUT2D eigenvalue weighted by Gasteiger charge is 2.36. The highest BCUT2D eigenvalue weighted by molar-refractivity contribution is 7.91. The summed E-state index contributed by atoms with van der Waals surface area (Å²) in [5, 5.41) is 0. The van der Waals surface area contributed by atoms with Crippen LogP contribution < -0.4 is 0 Å². The van der Waals surface area contributed by atoms with Crippen LogP contribution in [0.4, 0.5) is 0 Å². The molecule has 6 nitrogen and oxygen atoms in total. The van der Waals surface area contributed by atoms with Gasteiger partial charge in [-0.05, 0) is 26.0 Å². The summed E-state index contributed by atoms with van der Waals surface area (Å²) in [4.78, 5) is 7.19. The second-order valence-electron chi connectivity index (χ2n) is 5.29. The fourth-order valence-electron chi connectivity index (χ4n) is 1.77. The average molecular weight is 316 g/mol. The fourth-order valence-corrected chi connectivity index (χ4v) is 3.05. The number of fused-ring (bicyclic) bond motifs is 1. The molecule has 1 aromatic carbocycles. The lowest BCUT2D eigenvalue weighted by atomic mass is 10.2. The summed E-state index contributed by atoms with van der Waals surface area (Å²) in [7, 11) is -6.82. The summed E-state index contributed by atoms with van der Waals surface area (Å²) in [5.74, 6) is 0.228. The van der Waals surface area contributed by atoms with Crippen LogP contribution in [0.3, 0.4) is 0 Å². The summed E-state index contributed by atoms with van der Waals surface area (Å²) in [6.07, 6.45) is 2.22. The van der Waals surface area contributed by atoms with Crippen molar-refractivity contribution in [2.24, 2.45) is 0 Å². The first-order valence-corrected chi connectivity index (χ1v) is 9.62. The molecule has 8 heteroatoms. The maximum absolute atomic E-state index is 11.8. The molecule has 1 aromatic heterocycles. The van der Waals surface area contributed by atoms with Crippen LogP contribution in [0.1, 0.15) is 19.7 Å². The average Bonchev–Trinajstić information content (AvgIpc) is 2.69. The largest absolute Gasteiger partial charge is 0.341 e. The van der Waals surface area contributed by atoms with Gasteiger partial charge in [0, 0.05) is 12.5 Å². The van der Waals surface area contributed by atoms with Gasteiger partial charge in [-0.1, -0.05) is 6.07 Å². The molecule has 2 rings (SSSR count). The Labute approximate surface area is 118 Å². The standard InChI is InChI=1S/C12H16N2O4S2/c1-12(2,20(4,17)18)11-13-8-6-5-7-9(10(8)14-11)19(3,15)16/h5-7H,1-4H3,(H,13,14). The highest BCUT2D eigenvalue weighted by Crippen LogP contribution is 2.30. The molecule has 0 atom stereocenters. The quantitative estimate of drug-likeness (QED) is 0.919. The number of hydrogen-bond acceptors (Lipinski definition) is 5. The molecule has 110 valence electrons. The van der Waals surface area contributed by atoms with Crippen LogP contribution in [0.25, 0.3) is 11.0 Å². The van der Waals surface area contributed by atoms with E-state index in [1.54, 1.807) is 12.1 Å². The Morgan fingerprint density at radius 3 is 2.20 bits per heavy atom. The van der Waals surface area contributed by atoms with Gasteiger partial charge < -0.3 is 4.98 Å². The molecule has 0 fully saturated rings. The predicted octanol–water partition coefficient (Wildman–Crippen LogP) is 1.25. The molecule has 0 unspecified atom stereocenters. The third-order valence-electron chi connectivity index (χ3n) is 3.37. The molecule has 2 aromatic rings. The van der Waals surface area contributed by atoms with Crippen molar-refractivity contribution < 1.29 is 16.8 Å². The molecular formula is C12H16N2O4S2. The van der Waals surface area contributed by atoms with E-state index in [0.29, 0.717) is 5.52 Å². The molecule has 0 aliphatic heterocycles. The molecule has 0 radical (unpaired) electrons. The van der Waals surface area contributed by atoms with E-state index < -0.39 is 24.4 Å². The number of benzene rings is 1. The van der Waals surface area contributed by atoms with E-state index in [2.05, 4.69) is 9.97 Å². The van der Waals surface area contributed by atoms with Crippen LogP contribution in [-0.2, 0) is 24.4 Å². The molecule has 1 heterocycles. The molecule has 0 spiro atoms. The number of hydrogen-bond donors (Lipinski definition) is 1. The van der Waals surface area contributed by atoms with Gasteiger partial charge in [-0.15, -0.1) is 0 Å². The van der Waals surface area contributed by atoms with Crippen molar-refractivity contribution in [3.05, 3.63) is 24.0 Å². The van der Waals surface area contributed by atoms with Crippen molar-refractivity contribution in [3.63, 3.8) is 0 Å². The molecule has 0 aliphatic carbocycles. The first kappa shape index (κ1) is 15.0. The lowest BCUT2D eigenvalue weighted by Crippen LogP contribution is -2.29. The van der Waals surface area contributed by atoms with Gasteiger partial charge in [-0.2, -0.15) is 0 Å². The number of H-pyrrole nitrogens is 1. The minimum Gasteiger partial charge on any atom is -0.341 e. The third kappa shape index (κ3) is 2.33. The van der Waals surface area contributed by atoms with Crippen LogP contribution in [0.15, 0.2) is 23.1 Å². The molecule has 0 bridgehead atoms. The highest BCUT2D eigenvalue weighted by atomic mass is 32.2. The van der Waals surface area contributed by atoms with Crippen LogP contribution >= 0.6 is 0 Å². The van der Waals surface area contributed by atoms with Gasteiger partial charge in [0.25, 0.3) is 0 Å². The normalized spacial score (nSPS) is 13.8. The number of imidazole rings is 1. The Morgan fingerprint density at radius 1 is 1.10 bits per heavy atom. The minimum absolute atomic E-state index is 0.0850. The van der Waals surface area contributed by atoms with Crippen molar-refractivity contribution in [3.8, 4) is 0 Å². The van der Waals surface area contributed by atoms with E-state index in [0.717, 1.165) is 12.5 Å². The number of aromatic nitrogens is 2. The van der Waals surface area contributed by atoms with Gasteiger partial charge in [0.05, 0.1) is 10.4 Å². The lowest BCUT2D eigenvalue weighted by molar-refractivity contribution is 0.552. The number of para-hydroxylation sites is 1. The Kier molecular flexibility index (Phi) is 3.22. The molecule has 0 saturated carbocycles. The molecule has 0 amide bonds. The number of rotatable bonds is 3. The van der Waals surface area contributed by atoms with Crippen molar-refractivity contribution in [1.82, 2.24) is 9.97 Å². The SMILES string of the molecule is CC(C)(c1nc2c(S(C)(=O)=O)cccc2[nH]1)S(C)(=O)=O. The second-order valence-corrected chi connectivity index (χ2v) is 9.84. The second kappa shape index (κ2) is 4.29. The van der Waals surface area contributed by atoms with Gasteiger partial charge >= 0.3 is 0 Å². The molecule has 0 saturated heterocycles. The predicted molar refractivity (Wildman–Crippen MR) is 77.1 cm³/mol. The maximum atomic E-state index is 11.8. The van der Waals surface area contributed by atoms with Crippen molar-refractivity contribution in [2.45, 2.75) is 23.5 Å². The first-order chi connectivity index (χ1) is 8.94. The molecule has 20 heavy (non-hydrogen) atoms. The maximum Gasteiger partial charge on any atom is 0.177 e. The summed E-state index contributed by atoms with van der Waals surface area (Å²) >= 11 is 0. The van der Waals surface area contributed by atoms with Gasteiger partial charge in [0.2, 0.25) is 0 Å². The Hall–Kier alpha value is -1.41. The minimum atomic E-state index is -3.43. The first-order valence-electron chi connectivity index (χ1n) is 5.83. The van der Waals surface area contributed by atoms with E-state index in [1.165, 1.54) is 19.9 Å². The van der Waals surface area contributed by atoms with Crippen LogP contribution in [0.5, 0.6) is 0 Å². The zero-order chi connectivity index (χ0) is 15.3. The molecule has 1 N–H and O–H groups in total. The third-order valence-corrected chi connectivity index (χ3v) is 6.55. The van der Waals surface area contributed by atoms with E-state index in [-0.39, 0.29) is 16.2 Å². The zero-order valence-electron chi connectivity index (χ0n) is 11.6. The Morgan fingerprint density at radius 2 is 1.70 bits per heavy atom. The van der Waals surface area contributed by atoms with Crippen LogP contribution in [0.2, 0.25) is 0 Å². The van der Waals surface area contributed by atoms with E-state index in [4.69, 9.17) is 0 Å². The number of nitrogens with one attached hydrogen (secondary N) is 1. The summed E-state index contributed by atoms with van der Waals surface area (Å²) < 4.78 is 45.9. The Balaban J connectivity index is 2.80. The number of nitrogens with zero attached hydrogens (tertiary/aromatic N) is 1. The van der Waals surface area contributed by atoms with Crippen LogP contribution in [-0.4, -0.2) is 39.3 Å². The van der Waals surface area contributed by atoms with Crippen molar-refractivity contribution in [2.75, 3.05) is 12.5 Å². The summed E-state index contributed by atoms with van der Waals surface area (Å²) in [5.41, 5.74) is 0.765. The van der Waals surface area contributed by atoms with E-state index >= 15 is 0 Å². The Bertz CT molecular complexity index is 877.